The highest BCUT2D eigenvalue weighted by molar-refractivity contribution is 7.99. The molecule has 1 unspecified atom stereocenters. The topological polar surface area (TPSA) is 46.3 Å². The number of aryl methyl sites for hydroxylation is 1. The molecular formula is C14H21ClN2OS. The van der Waals surface area contributed by atoms with Gasteiger partial charge in [0.2, 0.25) is 5.91 Å². The molecule has 1 saturated heterocycles. The zero-order valence-corrected chi connectivity index (χ0v) is 12.8. The zero-order chi connectivity index (χ0) is 13.0. The minimum Gasteiger partial charge on any atom is -0.340 e. The molecule has 2 N–H and O–H groups in total. The maximum atomic E-state index is 12.3. The molecule has 1 aromatic rings. The average Bonchev–Trinajstić information content (AvgIpc) is 2.67. The van der Waals surface area contributed by atoms with Crippen LogP contribution in [0.4, 0.5) is 0 Å². The van der Waals surface area contributed by atoms with Crippen LogP contribution in [0.15, 0.2) is 24.3 Å². The highest BCUT2D eigenvalue weighted by atomic mass is 35.5. The Bertz CT molecular complexity index is 402. The molecular weight excluding hydrogens is 280 g/mol. The van der Waals surface area contributed by atoms with Gasteiger partial charge < -0.3 is 10.6 Å². The number of hydrogen-bond donors (Lipinski definition) is 1. The minimum absolute atomic E-state index is 0. The Labute approximate surface area is 125 Å². The number of hydrogen-bond acceptors (Lipinski definition) is 3. The van der Waals surface area contributed by atoms with Gasteiger partial charge in [0.15, 0.2) is 0 Å². The van der Waals surface area contributed by atoms with E-state index < -0.39 is 6.04 Å². The van der Waals surface area contributed by atoms with E-state index in [0.717, 1.165) is 36.6 Å². The predicted octanol–water partition coefficient (Wildman–Crippen LogP) is 2.38. The Morgan fingerprint density at radius 1 is 1.26 bits per heavy atom. The normalized spacial score (nSPS) is 17.3. The van der Waals surface area contributed by atoms with Crippen LogP contribution in [-0.2, 0) is 4.79 Å². The molecule has 0 aromatic heterocycles. The van der Waals surface area contributed by atoms with Crippen molar-refractivity contribution in [3.8, 4) is 0 Å². The number of halogens is 1. The summed E-state index contributed by atoms with van der Waals surface area (Å²) in [6.07, 6.45) is 1.07. The van der Waals surface area contributed by atoms with Crippen molar-refractivity contribution in [1.82, 2.24) is 4.90 Å². The summed E-state index contributed by atoms with van der Waals surface area (Å²) in [7, 11) is 0. The van der Waals surface area contributed by atoms with E-state index in [0.29, 0.717) is 0 Å². The van der Waals surface area contributed by atoms with Gasteiger partial charge in [-0.25, -0.2) is 0 Å². The highest BCUT2D eigenvalue weighted by Gasteiger charge is 2.22. The van der Waals surface area contributed by atoms with E-state index in [2.05, 4.69) is 0 Å². The number of benzene rings is 1. The molecule has 1 heterocycles. The SMILES string of the molecule is Cc1ccc(C(N)C(=O)N2CCCSCC2)cc1.Cl. The first-order chi connectivity index (χ1) is 8.68. The summed E-state index contributed by atoms with van der Waals surface area (Å²) >= 11 is 1.91. The van der Waals surface area contributed by atoms with Crippen molar-refractivity contribution in [3.63, 3.8) is 0 Å². The van der Waals surface area contributed by atoms with Gasteiger partial charge in [0.05, 0.1) is 0 Å². The van der Waals surface area contributed by atoms with Crippen LogP contribution in [0, 0.1) is 6.92 Å². The monoisotopic (exact) mass is 300 g/mol. The van der Waals surface area contributed by atoms with Crippen molar-refractivity contribution in [3.05, 3.63) is 35.4 Å². The molecule has 1 aliphatic heterocycles. The smallest absolute Gasteiger partial charge is 0.244 e. The van der Waals surface area contributed by atoms with E-state index in [1.807, 2.05) is 47.9 Å². The molecule has 1 aliphatic rings. The molecule has 106 valence electrons. The number of rotatable bonds is 2. The number of nitrogens with two attached hydrogens (primary N) is 1. The van der Waals surface area contributed by atoms with Gasteiger partial charge in [-0.1, -0.05) is 29.8 Å². The third-order valence-electron chi connectivity index (χ3n) is 3.24. The maximum absolute atomic E-state index is 12.3. The molecule has 3 nitrogen and oxygen atoms in total. The van der Waals surface area contributed by atoms with Crippen molar-refractivity contribution in [2.24, 2.45) is 5.73 Å². The lowest BCUT2D eigenvalue weighted by Crippen LogP contribution is -2.39. The van der Waals surface area contributed by atoms with Gasteiger partial charge in [-0.3, -0.25) is 4.79 Å². The minimum atomic E-state index is -0.520. The van der Waals surface area contributed by atoms with Gasteiger partial charge >= 0.3 is 0 Å². The second-order valence-electron chi connectivity index (χ2n) is 4.68. The predicted molar refractivity (Wildman–Crippen MR) is 83.9 cm³/mol. The van der Waals surface area contributed by atoms with E-state index in [9.17, 15) is 4.79 Å². The third kappa shape index (κ3) is 4.41. The Morgan fingerprint density at radius 2 is 1.95 bits per heavy atom. The van der Waals surface area contributed by atoms with E-state index in [4.69, 9.17) is 5.73 Å². The largest absolute Gasteiger partial charge is 0.340 e. The van der Waals surface area contributed by atoms with Crippen LogP contribution in [0.3, 0.4) is 0 Å². The van der Waals surface area contributed by atoms with Crippen LogP contribution in [0.1, 0.15) is 23.6 Å². The number of carbonyl (C=O) groups is 1. The van der Waals surface area contributed by atoms with Gasteiger partial charge in [-0.05, 0) is 24.7 Å². The molecule has 1 fully saturated rings. The van der Waals surface area contributed by atoms with E-state index >= 15 is 0 Å². The Hall–Kier alpha value is -0.710. The second kappa shape index (κ2) is 7.78. The Morgan fingerprint density at radius 3 is 2.63 bits per heavy atom. The molecule has 1 amide bonds. The first kappa shape index (κ1) is 16.3. The van der Waals surface area contributed by atoms with E-state index in [1.165, 1.54) is 5.56 Å². The van der Waals surface area contributed by atoms with Crippen molar-refractivity contribution in [2.45, 2.75) is 19.4 Å². The molecule has 1 atom stereocenters. The summed E-state index contributed by atoms with van der Waals surface area (Å²) in [5.74, 6) is 2.22. The van der Waals surface area contributed by atoms with E-state index in [-0.39, 0.29) is 18.3 Å². The van der Waals surface area contributed by atoms with Crippen LogP contribution in [0.5, 0.6) is 0 Å². The third-order valence-corrected chi connectivity index (χ3v) is 4.29. The van der Waals surface area contributed by atoms with Crippen LogP contribution in [0.25, 0.3) is 0 Å². The zero-order valence-electron chi connectivity index (χ0n) is 11.2. The van der Waals surface area contributed by atoms with Crippen LogP contribution >= 0.6 is 24.2 Å². The summed E-state index contributed by atoms with van der Waals surface area (Å²) in [6, 6.07) is 7.38. The Balaban J connectivity index is 0.00000180. The molecule has 0 bridgehead atoms. The lowest BCUT2D eigenvalue weighted by Gasteiger charge is -2.24. The summed E-state index contributed by atoms with van der Waals surface area (Å²) in [6.45, 7) is 3.69. The molecule has 0 aliphatic carbocycles. The summed E-state index contributed by atoms with van der Waals surface area (Å²) in [4.78, 5) is 14.2. The molecule has 0 radical (unpaired) electrons. The maximum Gasteiger partial charge on any atom is 0.244 e. The lowest BCUT2D eigenvalue weighted by atomic mass is 10.0. The number of nitrogens with zero attached hydrogens (tertiary/aromatic N) is 1. The second-order valence-corrected chi connectivity index (χ2v) is 5.90. The van der Waals surface area contributed by atoms with Gasteiger partial charge in [0.1, 0.15) is 6.04 Å². The summed E-state index contributed by atoms with van der Waals surface area (Å²) in [5.41, 5.74) is 8.16. The molecule has 2 rings (SSSR count). The quantitative estimate of drug-likeness (QED) is 0.912. The number of thioether (sulfide) groups is 1. The van der Waals surface area contributed by atoms with Crippen LogP contribution < -0.4 is 5.73 Å². The lowest BCUT2D eigenvalue weighted by molar-refractivity contribution is -0.132. The fourth-order valence-corrected chi connectivity index (χ4v) is 2.97. The van der Waals surface area contributed by atoms with Gasteiger partial charge in [-0.2, -0.15) is 11.8 Å². The molecule has 19 heavy (non-hydrogen) atoms. The van der Waals surface area contributed by atoms with Gasteiger partial charge in [0, 0.05) is 18.8 Å². The fraction of sp³-hybridized carbons (Fsp3) is 0.500. The molecule has 1 aromatic carbocycles. The van der Waals surface area contributed by atoms with Crippen molar-refractivity contribution in [2.75, 3.05) is 24.6 Å². The molecule has 0 spiro atoms. The van der Waals surface area contributed by atoms with Crippen molar-refractivity contribution >= 4 is 30.1 Å². The molecule has 0 saturated carbocycles. The van der Waals surface area contributed by atoms with Crippen molar-refractivity contribution < 1.29 is 4.79 Å². The average molecular weight is 301 g/mol. The number of amides is 1. The first-order valence-electron chi connectivity index (χ1n) is 6.37. The first-order valence-corrected chi connectivity index (χ1v) is 7.52. The van der Waals surface area contributed by atoms with E-state index in [1.54, 1.807) is 0 Å². The highest BCUT2D eigenvalue weighted by Crippen LogP contribution is 2.17. The summed E-state index contributed by atoms with van der Waals surface area (Å²) in [5, 5.41) is 0. The van der Waals surface area contributed by atoms with Gasteiger partial charge in [0.25, 0.3) is 0 Å². The van der Waals surface area contributed by atoms with Crippen LogP contribution in [0.2, 0.25) is 0 Å². The Kier molecular flexibility index (Phi) is 6.69. The van der Waals surface area contributed by atoms with Gasteiger partial charge in [-0.15, -0.1) is 12.4 Å². The van der Waals surface area contributed by atoms with Crippen LogP contribution in [-0.4, -0.2) is 35.4 Å². The fourth-order valence-electron chi connectivity index (χ4n) is 2.08. The standard InChI is InChI=1S/C14H20N2OS.ClH/c1-11-3-5-12(6-4-11)13(15)14(17)16-7-2-9-18-10-8-16;/h3-6,13H,2,7-10,15H2,1H3;1H. The van der Waals surface area contributed by atoms with Crippen molar-refractivity contribution in [1.29, 1.82) is 0 Å². The summed E-state index contributed by atoms with van der Waals surface area (Å²) < 4.78 is 0. The number of carbonyl (C=O) groups excluding carboxylic acids is 1. The molecule has 5 heteroatoms.